The van der Waals surface area contributed by atoms with E-state index in [-0.39, 0.29) is 11.9 Å². The SMILES string of the molecule is CSN1CCCC(NC(=O)c2cccc(-c3ccc4[nH]ccc4c3)c2)C1. The Morgan fingerprint density at radius 3 is 2.96 bits per heavy atom. The monoisotopic (exact) mass is 365 g/mol. The highest BCUT2D eigenvalue weighted by molar-refractivity contribution is 7.96. The number of H-pyrrole nitrogens is 1. The van der Waals surface area contributed by atoms with Gasteiger partial charge in [0, 0.05) is 36.4 Å². The van der Waals surface area contributed by atoms with E-state index in [0.717, 1.165) is 48.1 Å². The fourth-order valence-electron chi connectivity index (χ4n) is 3.57. The van der Waals surface area contributed by atoms with Crippen molar-refractivity contribution in [2.45, 2.75) is 18.9 Å². The summed E-state index contributed by atoms with van der Waals surface area (Å²) in [5.74, 6) is 0.0162. The van der Waals surface area contributed by atoms with E-state index in [4.69, 9.17) is 0 Å². The molecule has 3 aromatic rings. The van der Waals surface area contributed by atoms with Gasteiger partial charge in [-0.2, -0.15) is 0 Å². The molecule has 1 aliphatic heterocycles. The first-order valence-corrected chi connectivity index (χ1v) is 10.2. The third kappa shape index (κ3) is 3.64. The van der Waals surface area contributed by atoms with Crippen molar-refractivity contribution in [3.63, 3.8) is 0 Å². The smallest absolute Gasteiger partial charge is 0.251 e. The molecule has 134 valence electrons. The van der Waals surface area contributed by atoms with Crippen LogP contribution in [0.15, 0.2) is 54.7 Å². The third-order valence-corrected chi connectivity index (χ3v) is 5.84. The van der Waals surface area contributed by atoms with E-state index in [1.54, 1.807) is 11.9 Å². The van der Waals surface area contributed by atoms with E-state index in [0.29, 0.717) is 0 Å². The summed E-state index contributed by atoms with van der Waals surface area (Å²) in [4.78, 5) is 15.9. The van der Waals surface area contributed by atoms with Gasteiger partial charge in [0.05, 0.1) is 0 Å². The Labute approximate surface area is 158 Å². The number of carbonyl (C=O) groups excluding carboxylic acids is 1. The van der Waals surface area contributed by atoms with Gasteiger partial charge in [-0.15, -0.1) is 0 Å². The average Bonchev–Trinajstić information content (AvgIpc) is 3.16. The van der Waals surface area contributed by atoms with Crippen molar-refractivity contribution in [2.75, 3.05) is 19.3 Å². The Morgan fingerprint density at radius 1 is 1.19 bits per heavy atom. The number of hydrogen-bond donors (Lipinski definition) is 2. The summed E-state index contributed by atoms with van der Waals surface area (Å²) < 4.78 is 2.32. The van der Waals surface area contributed by atoms with Crippen LogP contribution in [0.2, 0.25) is 0 Å². The Kier molecular flexibility index (Phi) is 5.00. The molecule has 0 bridgehead atoms. The molecule has 0 radical (unpaired) electrons. The van der Waals surface area contributed by atoms with E-state index in [1.807, 2.05) is 24.4 Å². The Hall–Kier alpha value is -2.24. The van der Waals surface area contributed by atoms with Crippen LogP contribution in [0.1, 0.15) is 23.2 Å². The lowest BCUT2D eigenvalue weighted by Gasteiger charge is -2.31. The first-order valence-electron chi connectivity index (χ1n) is 9.00. The molecule has 5 heteroatoms. The Morgan fingerprint density at radius 2 is 2.08 bits per heavy atom. The predicted octanol–water partition coefficient (Wildman–Crippen LogP) is 4.31. The number of nitrogens with zero attached hydrogens (tertiary/aromatic N) is 1. The fourth-order valence-corrected chi connectivity index (χ4v) is 4.21. The van der Waals surface area contributed by atoms with E-state index >= 15 is 0 Å². The lowest BCUT2D eigenvalue weighted by Crippen LogP contribution is -2.45. The van der Waals surface area contributed by atoms with Crippen molar-refractivity contribution in [3.8, 4) is 11.1 Å². The zero-order valence-electron chi connectivity index (χ0n) is 14.9. The molecule has 0 spiro atoms. The molecule has 1 fully saturated rings. The van der Waals surface area contributed by atoms with Crippen LogP contribution in [0.5, 0.6) is 0 Å². The van der Waals surface area contributed by atoms with Crippen molar-refractivity contribution in [3.05, 3.63) is 60.3 Å². The van der Waals surface area contributed by atoms with Crippen molar-refractivity contribution in [1.29, 1.82) is 0 Å². The minimum atomic E-state index is 0.0162. The number of carbonyl (C=O) groups is 1. The second-order valence-corrected chi connectivity index (χ2v) is 7.63. The molecule has 1 aromatic heterocycles. The molecule has 2 heterocycles. The van der Waals surface area contributed by atoms with Gasteiger partial charge in [-0.25, -0.2) is 4.31 Å². The molecule has 26 heavy (non-hydrogen) atoms. The van der Waals surface area contributed by atoms with Crippen LogP contribution in [-0.4, -0.2) is 40.6 Å². The minimum Gasteiger partial charge on any atom is -0.361 e. The number of amides is 1. The zero-order valence-corrected chi connectivity index (χ0v) is 15.7. The molecule has 0 saturated carbocycles. The van der Waals surface area contributed by atoms with E-state index in [2.05, 4.69) is 51.2 Å². The highest BCUT2D eigenvalue weighted by atomic mass is 32.2. The van der Waals surface area contributed by atoms with Gasteiger partial charge in [0.15, 0.2) is 0 Å². The van der Waals surface area contributed by atoms with Crippen LogP contribution in [-0.2, 0) is 0 Å². The summed E-state index contributed by atoms with van der Waals surface area (Å²) in [6.45, 7) is 2.02. The molecule has 4 nitrogen and oxygen atoms in total. The largest absolute Gasteiger partial charge is 0.361 e. The summed E-state index contributed by atoms with van der Waals surface area (Å²) in [5.41, 5.74) is 4.03. The summed E-state index contributed by atoms with van der Waals surface area (Å²) in [6, 6.07) is 16.5. The summed E-state index contributed by atoms with van der Waals surface area (Å²) in [6.07, 6.45) is 6.21. The molecule has 1 atom stereocenters. The Balaban J connectivity index is 1.52. The number of aromatic nitrogens is 1. The van der Waals surface area contributed by atoms with Crippen LogP contribution in [0.25, 0.3) is 22.0 Å². The second-order valence-electron chi connectivity index (χ2n) is 6.74. The topological polar surface area (TPSA) is 48.1 Å². The first-order chi connectivity index (χ1) is 12.7. The number of aromatic amines is 1. The molecule has 2 aromatic carbocycles. The van der Waals surface area contributed by atoms with Crippen LogP contribution in [0.3, 0.4) is 0 Å². The normalized spacial score (nSPS) is 18.1. The van der Waals surface area contributed by atoms with Crippen LogP contribution < -0.4 is 5.32 Å². The number of fused-ring (bicyclic) bond motifs is 1. The maximum absolute atomic E-state index is 12.7. The third-order valence-electron chi connectivity index (χ3n) is 4.99. The quantitative estimate of drug-likeness (QED) is 0.678. The molecular formula is C21H23N3OS. The van der Waals surface area contributed by atoms with Crippen molar-refractivity contribution in [2.24, 2.45) is 0 Å². The van der Waals surface area contributed by atoms with E-state index < -0.39 is 0 Å². The van der Waals surface area contributed by atoms with Crippen LogP contribution >= 0.6 is 11.9 Å². The average molecular weight is 366 g/mol. The van der Waals surface area contributed by atoms with Gasteiger partial charge in [0.2, 0.25) is 0 Å². The van der Waals surface area contributed by atoms with Gasteiger partial charge in [-0.1, -0.05) is 30.1 Å². The summed E-state index contributed by atoms with van der Waals surface area (Å²) in [7, 11) is 0. The molecule has 1 unspecified atom stereocenters. The highest BCUT2D eigenvalue weighted by Crippen LogP contribution is 2.25. The molecule has 1 aliphatic rings. The summed E-state index contributed by atoms with van der Waals surface area (Å²) in [5, 5.41) is 4.38. The van der Waals surface area contributed by atoms with E-state index in [9.17, 15) is 4.79 Å². The molecule has 0 aliphatic carbocycles. The van der Waals surface area contributed by atoms with Gasteiger partial charge in [0.1, 0.15) is 0 Å². The minimum absolute atomic E-state index is 0.0162. The van der Waals surface area contributed by atoms with Crippen LogP contribution in [0.4, 0.5) is 0 Å². The second kappa shape index (κ2) is 7.56. The predicted molar refractivity (Wildman–Crippen MR) is 109 cm³/mol. The maximum atomic E-state index is 12.7. The Bertz CT molecular complexity index is 920. The van der Waals surface area contributed by atoms with Crippen molar-refractivity contribution >= 4 is 28.8 Å². The van der Waals surface area contributed by atoms with Gasteiger partial charge >= 0.3 is 0 Å². The number of benzene rings is 2. The van der Waals surface area contributed by atoms with E-state index in [1.165, 1.54) is 5.39 Å². The number of piperidine rings is 1. The lowest BCUT2D eigenvalue weighted by molar-refractivity contribution is 0.0923. The lowest BCUT2D eigenvalue weighted by atomic mass is 10.0. The van der Waals surface area contributed by atoms with Crippen LogP contribution in [0, 0.1) is 0 Å². The van der Waals surface area contributed by atoms with Crippen molar-refractivity contribution < 1.29 is 4.79 Å². The number of rotatable bonds is 4. The first kappa shape index (κ1) is 17.2. The fraction of sp³-hybridized carbons (Fsp3) is 0.286. The standard InChI is InChI=1S/C21H23N3OS/c1-26-24-11-3-6-19(14-24)23-21(25)18-5-2-4-15(13-18)16-7-8-20-17(12-16)9-10-22-20/h2,4-5,7-10,12-13,19,22H,3,6,11,14H2,1H3,(H,23,25). The highest BCUT2D eigenvalue weighted by Gasteiger charge is 2.21. The number of hydrogen-bond acceptors (Lipinski definition) is 3. The molecule has 4 rings (SSSR count). The summed E-state index contributed by atoms with van der Waals surface area (Å²) >= 11 is 1.75. The van der Waals surface area contributed by atoms with Crippen molar-refractivity contribution in [1.82, 2.24) is 14.6 Å². The van der Waals surface area contributed by atoms with Gasteiger partial charge in [0.25, 0.3) is 5.91 Å². The maximum Gasteiger partial charge on any atom is 0.251 e. The molecule has 1 amide bonds. The molecule has 1 saturated heterocycles. The van der Waals surface area contributed by atoms with Gasteiger partial charge < -0.3 is 10.3 Å². The molecule has 2 N–H and O–H groups in total. The number of nitrogens with one attached hydrogen (secondary N) is 2. The van der Waals surface area contributed by atoms with Gasteiger partial charge in [-0.05, 0) is 65.9 Å². The van der Waals surface area contributed by atoms with Gasteiger partial charge in [-0.3, -0.25) is 4.79 Å². The molecular weight excluding hydrogens is 342 g/mol. The zero-order chi connectivity index (χ0) is 17.9.